The van der Waals surface area contributed by atoms with Crippen molar-refractivity contribution in [3.05, 3.63) is 83.2 Å². The second kappa shape index (κ2) is 7.13. The van der Waals surface area contributed by atoms with E-state index in [2.05, 4.69) is 20.1 Å². The van der Waals surface area contributed by atoms with Crippen LogP contribution in [-0.2, 0) is 6.54 Å². The normalized spacial score (nSPS) is 10.9. The number of amides is 1. The summed E-state index contributed by atoms with van der Waals surface area (Å²) in [5.74, 6) is 0.114. The molecular formula is C19H15ClN6O. The first-order valence-corrected chi connectivity index (χ1v) is 8.65. The van der Waals surface area contributed by atoms with Crippen LogP contribution in [0.4, 0.5) is 5.69 Å². The largest absolute Gasteiger partial charge is 0.300 e. The molecule has 3 heterocycles. The number of rotatable bonds is 4. The summed E-state index contributed by atoms with van der Waals surface area (Å²) < 4.78 is 1.55. The van der Waals surface area contributed by atoms with E-state index in [-0.39, 0.29) is 18.3 Å². The van der Waals surface area contributed by atoms with Crippen LogP contribution < -0.4 is 4.90 Å². The topological polar surface area (TPSA) is 76.3 Å². The van der Waals surface area contributed by atoms with Crippen molar-refractivity contribution in [2.45, 2.75) is 13.5 Å². The van der Waals surface area contributed by atoms with Crippen LogP contribution in [0.2, 0.25) is 5.02 Å². The van der Waals surface area contributed by atoms with E-state index >= 15 is 0 Å². The van der Waals surface area contributed by atoms with Crippen LogP contribution in [0.15, 0.2) is 60.9 Å². The summed E-state index contributed by atoms with van der Waals surface area (Å²) in [5.41, 5.74) is 2.27. The molecule has 0 aliphatic carbocycles. The van der Waals surface area contributed by atoms with Crippen molar-refractivity contribution in [3.63, 3.8) is 0 Å². The van der Waals surface area contributed by atoms with Crippen LogP contribution in [0.5, 0.6) is 0 Å². The summed E-state index contributed by atoms with van der Waals surface area (Å²) in [6.45, 7) is 2.16. The van der Waals surface area contributed by atoms with Crippen molar-refractivity contribution in [2.75, 3.05) is 4.90 Å². The molecule has 0 atom stereocenters. The Morgan fingerprint density at radius 3 is 2.59 bits per heavy atom. The van der Waals surface area contributed by atoms with Gasteiger partial charge in [-0.3, -0.25) is 14.7 Å². The van der Waals surface area contributed by atoms with Crippen molar-refractivity contribution >= 4 is 29.0 Å². The highest BCUT2D eigenvalue weighted by Gasteiger charge is 2.23. The first-order valence-electron chi connectivity index (χ1n) is 8.27. The lowest BCUT2D eigenvalue weighted by Crippen LogP contribution is -2.31. The zero-order valence-electron chi connectivity index (χ0n) is 14.5. The van der Waals surface area contributed by atoms with Gasteiger partial charge in [0.1, 0.15) is 0 Å². The summed E-state index contributed by atoms with van der Waals surface area (Å²) in [7, 11) is 0. The van der Waals surface area contributed by atoms with Crippen molar-refractivity contribution < 1.29 is 4.79 Å². The Balaban J connectivity index is 1.75. The zero-order valence-corrected chi connectivity index (χ0v) is 15.2. The smallest absolute Gasteiger partial charge is 0.298 e. The molecule has 8 heteroatoms. The van der Waals surface area contributed by atoms with Gasteiger partial charge in [0.2, 0.25) is 5.82 Å². The number of fused-ring (bicyclic) bond motifs is 1. The van der Waals surface area contributed by atoms with Gasteiger partial charge in [0.15, 0.2) is 0 Å². The van der Waals surface area contributed by atoms with Gasteiger partial charge in [0.25, 0.3) is 11.7 Å². The van der Waals surface area contributed by atoms with Gasteiger partial charge >= 0.3 is 0 Å². The fraction of sp³-hybridized carbons (Fsp3) is 0.105. The Bertz CT molecular complexity index is 1090. The molecule has 1 amide bonds. The molecule has 0 aliphatic rings. The third kappa shape index (κ3) is 3.50. The number of aromatic nitrogens is 5. The lowest BCUT2D eigenvalue weighted by Gasteiger charge is -2.21. The van der Waals surface area contributed by atoms with E-state index in [1.54, 1.807) is 52.1 Å². The van der Waals surface area contributed by atoms with Crippen molar-refractivity contribution in [1.82, 2.24) is 24.6 Å². The highest BCUT2D eigenvalue weighted by Crippen LogP contribution is 2.21. The molecule has 27 heavy (non-hydrogen) atoms. The lowest BCUT2D eigenvalue weighted by molar-refractivity contribution is 0.0975. The molecule has 0 bridgehead atoms. The number of nitrogens with zero attached hydrogens (tertiary/aromatic N) is 6. The minimum atomic E-state index is -0.340. The fourth-order valence-electron chi connectivity index (χ4n) is 2.67. The van der Waals surface area contributed by atoms with E-state index in [9.17, 15) is 4.79 Å². The number of pyridine rings is 1. The van der Waals surface area contributed by atoms with Crippen LogP contribution in [-0.4, -0.2) is 30.5 Å². The first-order chi connectivity index (χ1) is 13.1. The Morgan fingerprint density at radius 2 is 1.89 bits per heavy atom. The minimum Gasteiger partial charge on any atom is -0.300 e. The number of hydrogen-bond acceptors (Lipinski definition) is 5. The number of aryl methyl sites for hydroxylation is 1. The van der Waals surface area contributed by atoms with Gasteiger partial charge in [0.05, 0.1) is 12.2 Å². The van der Waals surface area contributed by atoms with Crippen LogP contribution in [0.3, 0.4) is 0 Å². The summed E-state index contributed by atoms with van der Waals surface area (Å²) in [6.07, 6.45) is 3.33. The van der Waals surface area contributed by atoms with E-state index in [4.69, 9.17) is 11.6 Å². The standard InChI is InChI=1S/C19H15ClN6O/c1-13-9-11-22-19-23-17(24-26(13)19)18(27)25(12-15-4-2-3-10-21-15)16-7-5-14(20)6-8-16/h2-11H,12H2,1H3. The van der Waals surface area contributed by atoms with Gasteiger partial charge in [-0.25, -0.2) is 9.50 Å². The van der Waals surface area contributed by atoms with E-state index in [1.807, 2.05) is 25.1 Å². The van der Waals surface area contributed by atoms with E-state index in [0.717, 1.165) is 11.4 Å². The van der Waals surface area contributed by atoms with Crippen molar-refractivity contribution in [2.24, 2.45) is 0 Å². The van der Waals surface area contributed by atoms with Crippen LogP contribution in [0.1, 0.15) is 22.0 Å². The molecule has 0 unspecified atom stereocenters. The van der Waals surface area contributed by atoms with Crippen LogP contribution in [0, 0.1) is 6.92 Å². The first kappa shape index (κ1) is 17.1. The molecule has 7 nitrogen and oxygen atoms in total. The summed E-state index contributed by atoms with van der Waals surface area (Å²) in [4.78, 5) is 27.5. The predicted octanol–water partition coefficient (Wildman–Crippen LogP) is 3.33. The minimum absolute atomic E-state index is 0.0719. The van der Waals surface area contributed by atoms with Crippen molar-refractivity contribution in [3.8, 4) is 0 Å². The second-order valence-corrected chi connectivity index (χ2v) is 6.36. The maximum Gasteiger partial charge on any atom is 0.298 e. The highest BCUT2D eigenvalue weighted by molar-refractivity contribution is 6.30. The average molecular weight is 379 g/mol. The molecule has 0 saturated heterocycles. The molecule has 0 radical (unpaired) electrons. The lowest BCUT2D eigenvalue weighted by atomic mass is 10.2. The van der Waals surface area contributed by atoms with E-state index < -0.39 is 0 Å². The SMILES string of the molecule is Cc1ccnc2nc(C(=O)N(Cc3ccccn3)c3ccc(Cl)cc3)nn12. The molecule has 1 aromatic carbocycles. The monoisotopic (exact) mass is 378 g/mol. The number of benzene rings is 1. The van der Waals surface area contributed by atoms with Gasteiger partial charge in [-0.1, -0.05) is 17.7 Å². The highest BCUT2D eigenvalue weighted by atomic mass is 35.5. The quantitative estimate of drug-likeness (QED) is 0.544. The molecule has 4 rings (SSSR count). The Labute approximate surface area is 160 Å². The molecule has 0 spiro atoms. The number of carbonyl (C=O) groups excluding carboxylic acids is 1. The fourth-order valence-corrected chi connectivity index (χ4v) is 2.80. The zero-order chi connectivity index (χ0) is 18.8. The van der Waals surface area contributed by atoms with Gasteiger partial charge in [-0.2, -0.15) is 4.98 Å². The molecule has 0 aliphatic heterocycles. The maximum atomic E-state index is 13.2. The average Bonchev–Trinajstić information content (AvgIpc) is 3.13. The summed E-state index contributed by atoms with van der Waals surface area (Å²) in [5, 5.41) is 4.92. The van der Waals surface area contributed by atoms with Gasteiger partial charge in [-0.15, -0.1) is 5.10 Å². The number of anilines is 1. The van der Waals surface area contributed by atoms with Gasteiger partial charge in [-0.05, 0) is 49.4 Å². The molecular weight excluding hydrogens is 364 g/mol. The second-order valence-electron chi connectivity index (χ2n) is 5.92. The molecule has 0 saturated carbocycles. The molecule has 0 N–H and O–H groups in total. The predicted molar refractivity (Wildman–Crippen MR) is 102 cm³/mol. The maximum absolute atomic E-state index is 13.2. The summed E-state index contributed by atoms with van der Waals surface area (Å²) >= 11 is 5.99. The van der Waals surface area contributed by atoms with Crippen LogP contribution >= 0.6 is 11.6 Å². The van der Waals surface area contributed by atoms with Gasteiger partial charge in [0, 0.05) is 28.8 Å². The molecule has 0 fully saturated rings. The molecule has 4 aromatic rings. The Morgan fingerprint density at radius 1 is 1.07 bits per heavy atom. The Hall–Kier alpha value is -3.32. The van der Waals surface area contributed by atoms with Crippen molar-refractivity contribution in [1.29, 1.82) is 0 Å². The number of hydrogen-bond donors (Lipinski definition) is 0. The number of halogens is 1. The molecule has 134 valence electrons. The third-order valence-corrected chi connectivity index (χ3v) is 4.30. The third-order valence-electron chi connectivity index (χ3n) is 4.05. The van der Waals surface area contributed by atoms with Gasteiger partial charge < -0.3 is 0 Å². The Kier molecular flexibility index (Phi) is 4.52. The van der Waals surface area contributed by atoms with E-state index in [0.29, 0.717) is 16.5 Å². The number of carbonyl (C=O) groups is 1. The molecule has 3 aromatic heterocycles. The van der Waals surface area contributed by atoms with E-state index in [1.165, 1.54) is 0 Å². The summed E-state index contributed by atoms with van der Waals surface area (Å²) in [6, 6.07) is 14.4. The van der Waals surface area contributed by atoms with Crippen LogP contribution in [0.25, 0.3) is 5.78 Å².